The maximum atomic E-state index is 5.39. The van der Waals surface area contributed by atoms with Gasteiger partial charge in [-0.1, -0.05) is 13.3 Å². The van der Waals surface area contributed by atoms with Gasteiger partial charge in [0.15, 0.2) is 0 Å². The van der Waals surface area contributed by atoms with Gasteiger partial charge in [0.2, 0.25) is 5.96 Å². The van der Waals surface area contributed by atoms with Gasteiger partial charge in [-0.05, 0) is 30.7 Å². The first-order chi connectivity index (χ1) is 8.30. The molecule has 0 atom stereocenters. The minimum Gasteiger partial charge on any atom is -0.497 e. The largest absolute Gasteiger partial charge is 0.497 e. The maximum Gasteiger partial charge on any atom is 0.210 e. The van der Waals surface area contributed by atoms with Crippen LogP contribution in [0, 0.1) is 0 Å². The van der Waals surface area contributed by atoms with Crippen LogP contribution in [0.3, 0.4) is 0 Å². The van der Waals surface area contributed by atoms with Crippen molar-refractivity contribution in [3.05, 3.63) is 24.3 Å². The minimum atomic E-state index is 0.573. The molecule has 0 saturated carbocycles. The van der Waals surface area contributed by atoms with Gasteiger partial charge in [0, 0.05) is 12.2 Å². The van der Waals surface area contributed by atoms with Crippen molar-refractivity contribution in [3.8, 4) is 5.75 Å². The SMILES string of the molecule is CCCCN=C(NN)Nc1ccc(OC)cc1. The fourth-order valence-electron chi connectivity index (χ4n) is 1.28. The Hall–Kier alpha value is -1.75. The van der Waals surface area contributed by atoms with E-state index in [4.69, 9.17) is 10.6 Å². The summed E-state index contributed by atoms with van der Waals surface area (Å²) in [5.74, 6) is 6.78. The molecule has 0 spiro atoms. The highest BCUT2D eigenvalue weighted by molar-refractivity contribution is 5.93. The predicted octanol–water partition coefficient (Wildman–Crippen LogP) is 1.73. The summed E-state index contributed by atoms with van der Waals surface area (Å²) in [5, 5.41) is 3.10. The van der Waals surface area contributed by atoms with Crippen LogP contribution in [0.1, 0.15) is 19.8 Å². The summed E-state index contributed by atoms with van der Waals surface area (Å²) < 4.78 is 5.08. The molecule has 1 aromatic rings. The zero-order valence-electron chi connectivity index (χ0n) is 10.4. The van der Waals surface area contributed by atoms with Crippen LogP contribution in [0.15, 0.2) is 29.3 Å². The lowest BCUT2D eigenvalue weighted by atomic mass is 10.3. The molecular weight excluding hydrogens is 216 g/mol. The molecule has 0 saturated heterocycles. The average Bonchev–Trinajstić information content (AvgIpc) is 2.38. The molecule has 1 aromatic carbocycles. The van der Waals surface area contributed by atoms with E-state index in [1.54, 1.807) is 7.11 Å². The molecule has 0 aromatic heterocycles. The van der Waals surface area contributed by atoms with Crippen molar-refractivity contribution in [2.45, 2.75) is 19.8 Å². The molecule has 0 aliphatic rings. The van der Waals surface area contributed by atoms with Gasteiger partial charge in [-0.25, -0.2) is 5.84 Å². The van der Waals surface area contributed by atoms with Gasteiger partial charge < -0.3 is 10.1 Å². The van der Waals surface area contributed by atoms with Gasteiger partial charge in [0.25, 0.3) is 0 Å². The fraction of sp³-hybridized carbons (Fsp3) is 0.417. The number of ether oxygens (including phenoxy) is 1. The zero-order chi connectivity index (χ0) is 12.5. The van der Waals surface area contributed by atoms with E-state index in [-0.39, 0.29) is 0 Å². The van der Waals surface area contributed by atoms with Crippen molar-refractivity contribution < 1.29 is 4.74 Å². The number of anilines is 1. The zero-order valence-corrected chi connectivity index (χ0v) is 10.4. The number of nitrogens with one attached hydrogen (secondary N) is 2. The van der Waals surface area contributed by atoms with E-state index in [9.17, 15) is 0 Å². The molecule has 0 unspecified atom stereocenters. The van der Waals surface area contributed by atoms with Crippen LogP contribution >= 0.6 is 0 Å². The molecule has 0 radical (unpaired) electrons. The van der Waals surface area contributed by atoms with E-state index in [1.165, 1.54) is 0 Å². The highest BCUT2D eigenvalue weighted by atomic mass is 16.5. The number of guanidine groups is 1. The van der Waals surface area contributed by atoms with E-state index in [1.807, 2.05) is 24.3 Å². The number of aliphatic imine (C=N–C) groups is 1. The van der Waals surface area contributed by atoms with Crippen molar-refractivity contribution in [2.75, 3.05) is 19.0 Å². The van der Waals surface area contributed by atoms with Gasteiger partial charge in [-0.3, -0.25) is 10.4 Å². The van der Waals surface area contributed by atoms with Crippen LogP contribution in [0.5, 0.6) is 5.75 Å². The number of methoxy groups -OCH3 is 1. The summed E-state index contributed by atoms with van der Waals surface area (Å²) in [6.45, 7) is 2.89. The third kappa shape index (κ3) is 4.74. The quantitative estimate of drug-likeness (QED) is 0.239. The molecule has 5 heteroatoms. The molecular formula is C12H20N4O. The Balaban J connectivity index is 2.57. The van der Waals surface area contributed by atoms with Crippen molar-refractivity contribution in [3.63, 3.8) is 0 Å². The van der Waals surface area contributed by atoms with Crippen molar-refractivity contribution in [1.29, 1.82) is 0 Å². The summed E-state index contributed by atoms with van der Waals surface area (Å²) in [6.07, 6.45) is 2.17. The van der Waals surface area contributed by atoms with Crippen molar-refractivity contribution >= 4 is 11.6 Å². The second-order valence-corrected chi connectivity index (χ2v) is 3.58. The molecule has 0 heterocycles. The molecule has 0 bridgehead atoms. The van der Waals surface area contributed by atoms with Crippen molar-refractivity contribution in [2.24, 2.45) is 10.8 Å². The van der Waals surface area contributed by atoms with Crippen LogP contribution in [0.2, 0.25) is 0 Å². The first kappa shape index (κ1) is 13.3. The van der Waals surface area contributed by atoms with Gasteiger partial charge in [0.1, 0.15) is 5.75 Å². The Morgan fingerprint density at radius 2 is 2.06 bits per heavy atom. The Morgan fingerprint density at radius 1 is 1.35 bits per heavy atom. The van der Waals surface area contributed by atoms with Crippen LogP contribution in [0.25, 0.3) is 0 Å². The molecule has 1 rings (SSSR count). The summed E-state index contributed by atoms with van der Waals surface area (Å²) in [5.41, 5.74) is 3.46. The molecule has 0 aliphatic heterocycles. The summed E-state index contributed by atoms with van der Waals surface area (Å²) in [4.78, 5) is 4.31. The summed E-state index contributed by atoms with van der Waals surface area (Å²) >= 11 is 0. The molecule has 0 amide bonds. The van der Waals surface area contributed by atoms with Crippen LogP contribution < -0.4 is 21.3 Å². The number of hydrazine groups is 1. The number of rotatable bonds is 5. The molecule has 5 nitrogen and oxygen atoms in total. The third-order valence-electron chi connectivity index (χ3n) is 2.27. The van der Waals surface area contributed by atoms with Crippen LogP contribution in [-0.4, -0.2) is 19.6 Å². The number of nitrogens with two attached hydrogens (primary N) is 1. The van der Waals surface area contributed by atoms with E-state index in [2.05, 4.69) is 22.7 Å². The van der Waals surface area contributed by atoms with E-state index in [0.717, 1.165) is 30.8 Å². The lowest BCUT2D eigenvalue weighted by Crippen LogP contribution is -2.36. The smallest absolute Gasteiger partial charge is 0.210 e. The Morgan fingerprint density at radius 3 is 2.59 bits per heavy atom. The first-order valence-electron chi connectivity index (χ1n) is 5.72. The number of unbranched alkanes of at least 4 members (excludes halogenated alkanes) is 1. The topological polar surface area (TPSA) is 71.7 Å². The number of nitrogens with zero attached hydrogens (tertiary/aromatic N) is 1. The van der Waals surface area contributed by atoms with E-state index < -0.39 is 0 Å². The van der Waals surface area contributed by atoms with Crippen LogP contribution in [-0.2, 0) is 0 Å². The molecule has 94 valence electrons. The minimum absolute atomic E-state index is 0.573. The molecule has 0 aliphatic carbocycles. The fourth-order valence-corrected chi connectivity index (χ4v) is 1.28. The normalized spacial score (nSPS) is 11.1. The number of benzene rings is 1. The van der Waals surface area contributed by atoms with Crippen LogP contribution in [0.4, 0.5) is 5.69 Å². The van der Waals surface area contributed by atoms with Gasteiger partial charge in [-0.15, -0.1) is 0 Å². The monoisotopic (exact) mass is 236 g/mol. The Labute approximate surface area is 102 Å². The van der Waals surface area contributed by atoms with Crippen molar-refractivity contribution in [1.82, 2.24) is 5.43 Å². The van der Waals surface area contributed by atoms with Gasteiger partial charge >= 0.3 is 0 Å². The lowest BCUT2D eigenvalue weighted by molar-refractivity contribution is 0.415. The highest BCUT2D eigenvalue weighted by Crippen LogP contribution is 2.14. The summed E-state index contributed by atoms with van der Waals surface area (Å²) in [6, 6.07) is 7.57. The third-order valence-corrected chi connectivity index (χ3v) is 2.27. The summed E-state index contributed by atoms with van der Waals surface area (Å²) in [7, 11) is 1.64. The maximum absolute atomic E-state index is 5.39. The first-order valence-corrected chi connectivity index (χ1v) is 5.72. The van der Waals surface area contributed by atoms with E-state index >= 15 is 0 Å². The molecule has 0 fully saturated rings. The Bertz CT molecular complexity index is 348. The Kier molecular flexibility index (Phi) is 5.88. The van der Waals surface area contributed by atoms with E-state index in [0.29, 0.717) is 5.96 Å². The highest BCUT2D eigenvalue weighted by Gasteiger charge is 1.98. The second-order valence-electron chi connectivity index (χ2n) is 3.58. The number of hydrogen-bond acceptors (Lipinski definition) is 3. The lowest BCUT2D eigenvalue weighted by Gasteiger charge is -2.09. The average molecular weight is 236 g/mol. The molecule has 17 heavy (non-hydrogen) atoms. The standard InChI is InChI=1S/C12H20N4O/c1-3-4-9-14-12(16-13)15-10-5-7-11(17-2)8-6-10/h5-8H,3-4,9,13H2,1-2H3,(H2,14,15,16). The van der Waals surface area contributed by atoms with Gasteiger partial charge in [-0.2, -0.15) is 0 Å². The van der Waals surface area contributed by atoms with Gasteiger partial charge in [0.05, 0.1) is 7.11 Å². The predicted molar refractivity (Wildman–Crippen MR) is 71.1 cm³/mol. The second kappa shape index (κ2) is 7.51. The molecule has 4 N–H and O–H groups in total. The number of hydrogen-bond donors (Lipinski definition) is 3.